The van der Waals surface area contributed by atoms with E-state index >= 15 is 0 Å². The Bertz CT molecular complexity index is 797. The van der Waals surface area contributed by atoms with Gasteiger partial charge in [0, 0.05) is 42.9 Å². The second-order valence-electron chi connectivity index (χ2n) is 7.54. The van der Waals surface area contributed by atoms with Crippen LogP contribution in [0.2, 0.25) is 0 Å². The number of anilines is 1. The van der Waals surface area contributed by atoms with Gasteiger partial charge in [0.2, 0.25) is 0 Å². The summed E-state index contributed by atoms with van der Waals surface area (Å²) >= 11 is 0. The van der Waals surface area contributed by atoms with Crippen molar-refractivity contribution in [2.45, 2.75) is 57.4 Å². The van der Waals surface area contributed by atoms with Gasteiger partial charge in [-0.1, -0.05) is 6.07 Å². The first-order valence-electron chi connectivity index (χ1n) is 9.68. The van der Waals surface area contributed by atoms with Gasteiger partial charge in [0.15, 0.2) is 0 Å². The molecule has 1 aliphatic heterocycles. The Labute approximate surface area is 148 Å². The molecule has 2 aromatic rings. The molecule has 0 bridgehead atoms. The molecule has 2 aliphatic carbocycles. The van der Waals surface area contributed by atoms with E-state index in [9.17, 15) is 0 Å². The lowest BCUT2D eigenvalue weighted by Gasteiger charge is -2.15. The molecular formula is C20H25N5. The number of nitrogens with zero attached hydrogens (tertiary/aromatic N) is 3. The van der Waals surface area contributed by atoms with Crippen LogP contribution in [-0.2, 0) is 32.2 Å². The third kappa shape index (κ3) is 3.13. The van der Waals surface area contributed by atoms with Gasteiger partial charge in [-0.25, -0.2) is 9.97 Å². The molecule has 0 spiro atoms. The number of pyridine rings is 1. The van der Waals surface area contributed by atoms with E-state index in [2.05, 4.69) is 21.7 Å². The molecule has 130 valence electrons. The Kier molecular flexibility index (Phi) is 3.89. The van der Waals surface area contributed by atoms with Crippen molar-refractivity contribution in [1.82, 2.24) is 20.3 Å². The Morgan fingerprint density at radius 2 is 1.96 bits per heavy atom. The highest BCUT2D eigenvalue weighted by Crippen LogP contribution is 2.39. The number of hydrogen-bond donors (Lipinski definition) is 2. The molecule has 2 N–H and O–H groups in total. The van der Waals surface area contributed by atoms with Crippen LogP contribution in [0.4, 0.5) is 5.82 Å². The summed E-state index contributed by atoms with van der Waals surface area (Å²) in [6, 6.07) is 2.32. The number of rotatable bonds is 4. The number of aryl methyl sites for hydroxylation is 2. The standard InChI is InChI=1S/C20H25N5/c1-2-15-10-13(11-22-17(15)3-1)12-23-20-16-6-8-21-9-7-18(16)24-19(25-20)14-4-5-14/h10-11,14,21H,1-9,12H2,(H,23,24,25). The van der Waals surface area contributed by atoms with E-state index in [-0.39, 0.29) is 0 Å². The zero-order valence-electron chi connectivity index (χ0n) is 14.6. The van der Waals surface area contributed by atoms with Crippen LogP contribution in [-0.4, -0.2) is 28.0 Å². The summed E-state index contributed by atoms with van der Waals surface area (Å²) < 4.78 is 0. The molecule has 1 saturated carbocycles. The first kappa shape index (κ1) is 15.3. The maximum atomic E-state index is 4.91. The molecule has 3 heterocycles. The van der Waals surface area contributed by atoms with Gasteiger partial charge in [0.1, 0.15) is 11.6 Å². The second-order valence-corrected chi connectivity index (χ2v) is 7.54. The first-order chi connectivity index (χ1) is 12.4. The predicted octanol–water partition coefficient (Wildman–Crippen LogP) is 2.54. The summed E-state index contributed by atoms with van der Waals surface area (Å²) in [5.74, 6) is 2.69. The van der Waals surface area contributed by atoms with Crippen LogP contribution >= 0.6 is 0 Å². The van der Waals surface area contributed by atoms with Crippen LogP contribution in [0, 0.1) is 0 Å². The largest absolute Gasteiger partial charge is 0.366 e. The van der Waals surface area contributed by atoms with E-state index in [4.69, 9.17) is 9.97 Å². The SMILES string of the molecule is c1nc2c(cc1CNc1nc(C3CC3)nc3c1CCNCC3)CCC2. The molecule has 0 aromatic carbocycles. The molecule has 5 nitrogen and oxygen atoms in total. The van der Waals surface area contributed by atoms with Gasteiger partial charge < -0.3 is 10.6 Å². The average Bonchev–Trinajstić information content (AvgIpc) is 3.41. The van der Waals surface area contributed by atoms with Gasteiger partial charge in [-0.2, -0.15) is 0 Å². The van der Waals surface area contributed by atoms with E-state index < -0.39 is 0 Å². The van der Waals surface area contributed by atoms with Crippen LogP contribution < -0.4 is 10.6 Å². The van der Waals surface area contributed by atoms with Crippen LogP contribution in [0.5, 0.6) is 0 Å². The van der Waals surface area contributed by atoms with Crippen molar-refractivity contribution in [2.75, 3.05) is 18.4 Å². The summed E-state index contributed by atoms with van der Waals surface area (Å²) in [6.45, 7) is 2.82. The van der Waals surface area contributed by atoms with E-state index in [1.165, 1.54) is 53.8 Å². The zero-order valence-corrected chi connectivity index (χ0v) is 14.6. The van der Waals surface area contributed by atoms with E-state index in [0.29, 0.717) is 5.92 Å². The summed E-state index contributed by atoms with van der Waals surface area (Å²) in [5, 5.41) is 7.09. The summed E-state index contributed by atoms with van der Waals surface area (Å²) in [6.07, 6.45) is 10.1. The summed E-state index contributed by atoms with van der Waals surface area (Å²) in [4.78, 5) is 14.4. The molecule has 25 heavy (non-hydrogen) atoms. The molecule has 1 fully saturated rings. The van der Waals surface area contributed by atoms with E-state index in [1.807, 2.05) is 6.20 Å². The Hall–Kier alpha value is -2.01. The Balaban J connectivity index is 1.41. The quantitative estimate of drug-likeness (QED) is 0.899. The highest BCUT2D eigenvalue weighted by molar-refractivity contribution is 5.49. The Morgan fingerprint density at radius 3 is 2.88 bits per heavy atom. The van der Waals surface area contributed by atoms with Crippen molar-refractivity contribution in [3.8, 4) is 0 Å². The van der Waals surface area contributed by atoms with Crippen molar-refractivity contribution < 1.29 is 0 Å². The highest BCUT2D eigenvalue weighted by Gasteiger charge is 2.29. The smallest absolute Gasteiger partial charge is 0.134 e. The molecule has 5 heteroatoms. The van der Waals surface area contributed by atoms with Crippen molar-refractivity contribution >= 4 is 5.82 Å². The van der Waals surface area contributed by atoms with Gasteiger partial charge >= 0.3 is 0 Å². The van der Waals surface area contributed by atoms with Crippen molar-refractivity contribution in [3.63, 3.8) is 0 Å². The molecule has 3 aliphatic rings. The maximum absolute atomic E-state index is 4.91. The molecule has 0 radical (unpaired) electrons. The van der Waals surface area contributed by atoms with E-state index in [0.717, 1.165) is 50.5 Å². The van der Waals surface area contributed by atoms with Crippen LogP contribution in [0.25, 0.3) is 0 Å². The highest BCUT2D eigenvalue weighted by atomic mass is 15.1. The summed E-state index contributed by atoms with van der Waals surface area (Å²) in [7, 11) is 0. The minimum Gasteiger partial charge on any atom is -0.366 e. The van der Waals surface area contributed by atoms with E-state index in [1.54, 1.807) is 0 Å². The van der Waals surface area contributed by atoms with Gasteiger partial charge in [-0.15, -0.1) is 0 Å². The summed E-state index contributed by atoms with van der Waals surface area (Å²) in [5.41, 5.74) is 6.54. The van der Waals surface area contributed by atoms with Crippen molar-refractivity contribution in [1.29, 1.82) is 0 Å². The molecule has 0 unspecified atom stereocenters. The van der Waals surface area contributed by atoms with Crippen LogP contribution in [0.1, 0.15) is 59.1 Å². The lowest BCUT2D eigenvalue weighted by Crippen LogP contribution is -2.16. The maximum Gasteiger partial charge on any atom is 0.134 e. The monoisotopic (exact) mass is 335 g/mol. The molecular weight excluding hydrogens is 310 g/mol. The lowest BCUT2D eigenvalue weighted by atomic mass is 10.1. The van der Waals surface area contributed by atoms with Crippen LogP contribution in [0.3, 0.4) is 0 Å². The van der Waals surface area contributed by atoms with Crippen molar-refractivity contribution in [2.24, 2.45) is 0 Å². The topological polar surface area (TPSA) is 62.7 Å². The minimum absolute atomic E-state index is 0.587. The fourth-order valence-electron chi connectivity index (χ4n) is 3.99. The first-order valence-corrected chi connectivity index (χ1v) is 9.68. The average molecular weight is 335 g/mol. The molecule has 0 atom stereocenters. The molecule has 2 aromatic heterocycles. The minimum atomic E-state index is 0.587. The molecule has 5 rings (SSSR count). The third-order valence-corrected chi connectivity index (χ3v) is 5.58. The Morgan fingerprint density at radius 1 is 1.04 bits per heavy atom. The lowest BCUT2D eigenvalue weighted by molar-refractivity contribution is 0.707. The van der Waals surface area contributed by atoms with Gasteiger partial charge in [-0.3, -0.25) is 4.98 Å². The number of aromatic nitrogens is 3. The normalized spacial score (nSPS) is 19.2. The number of nitrogens with one attached hydrogen (secondary N) is 2. The van der Waals surface area contributed by atoms with Crippen LogP contribution in [0.15, 0.2) is 12.3 Å². The number of hydrogen-bond acceptors (Lipinski definition) is 5. The molecule has 0 saturated heterocycles. The third-order valence-electron chi connectivity index (χ3n) is 5.58. The van der Waals surface area contributed by atoms with Gasteiger partial charge in [-0.05, 0) is 56.2 Å². The fourth-order valence-corrected chi connectivity index (χ4v) is 3.99. The van der Waals surface area contributed by atoms with Crippen molar-refractivity contribution in [3.05, 3.63) is 46.2 Å². The zero-order chi connectivity index (χ0) is 16.6. The predicted molar refractivity (Wildman–Crippen MR) is 97.9 cm³/mol. The second kappa shape index (κ2) is 6.37. The fraction of sp³-hybridized carbons (Fsp3) is 0.550. The van der Waals surface area contributed by atoms with Gasteiger partial charge in [0.25, 0.3) is 0 Å². The van der Waals surface area contributed by atoms with Gasteiger partial charge in [0.05, 0.1) is 5.69 Å². The molecule has 0 amide bonds. The number of fused-ring (bicyclic) bond motifs is 2.